The van der Waals surface area contributed by atoms with Gasteiger partial charge in [-0.05, 0) is 68.2 Å². The third-order valence-electron chi connectivity index (χ3n) is 10.4. The van der Waals surface area contributed by atoms with Gasteiger partial charge in [-0.2, -0.15) is 5.06 Å². The van der Waals surface area contributed by atoms with Crippen molar-refractivity contribution in [2.24, 2.45) is 0 Å². The number of unbranched alkanes of at least 4 members (excludes halogenated alkanes) is 4. The zero-order valence-electron chi connectivity index (χ0n) is 30.3. The molecule has 0 aliphatic carbocycles. The van der Waals surface area contributed by atoms with Crippen LogP contribution >= 0.6 is 0 Å². The average Bonchev–Trinajstić information content (AvgIpc) is 3.60. The highest BCUT2D eigenvalue weighted by Gasteiger charge is 2.84. The Labute approximate surface area is 274 Å². The molecule has 0 radical (unpaired) electrons. The fourth-order valence-electron chi connectivity index (χ4n) is 8.99. The van der Waals surface area contributed by atoms with Crippen LogP contribution in [0.2, 0.25) is 0 Å². The zero-order chi connectivity index (χ0) is 33.9. The predicted molar refractivity (Wildman–Crippen MR) is 179 cm³/mol. The summed E-state index contributed by atoms with van der Waals surface area (Å²) in [7, 11) is 0. The highest BCUT2D eigenvalue weighted by molar-refractivity contribution is 5.91. The first-order valence-electron chi connectivity index (χ1n) is 17.6. The molecule has 0 N–H and O–H groups in total. The highest BCUT2D eigenvalue weighted by atomic mass is 16.9. The van der Waals surface area contributed by atoms with Gasteiger partial charge < -0.3 is 9.47 Å². The Bertz CT molecular complexity index is 1030. The van der Waals surface area contributed by atoms with Crippen LogP contribution in [0.25, 0.3) is 0 Å². The number of hydrogen-bond acceptors (Lipinski definition) is 7. The molecule has 3 fully saturated rings. The highest BCUT2D eigenvalue weighted by Crippen LogP contribution is 2.65. The van der Waals surface area contributed by atoms with Gasteiger partial charge in [0.05, 0.1) is 6.10 Å². The standard InChI is InChI=1S/C37H65N2O6/c1-13-17-19-21-28(15-3)44-38-33(5,6)24-29(25-34(38,7)8)42-31(40)23-32(41)43-30-26-35(9,10)39(36(11,12)27-30)37(16-4,45-39)22-20-18-14-2/h15-16,28-30H,3-4,13-14,17-27H2,1-2,5-12H3/q+1. The Morgan fingerprint density at radius 2 is 1.31 bits per heavy atom. The number of carbonyl (C=O) groups is 2. The lowest BCUT2D eigenvalue weighted by Crippen LogP contribution is -2.67. The quantitative estimate of drug-likeness (QED) is 0.0421. The molecule has 3 aliphatic heterocycles. The van der Waals surface area contributed by atoms with E-state index in [1.165, 1.54) is 6.42 Å². The Hall–Kier alpha value is -1.74. The molecule has 0 bridgehead atoms. The van der Waals surface area contributed by atoms with Gasteiger partial charge in [-0.1, -0.05) is 58.6 Å². The Balaban J connectivity index is 1.57. The number of hydrogen-bond donors (Lipinski definition) is 0. The van der Waals surface area contributed by atoms with E-state index in [0.29, 0.717) is 30.3 Å². The van der Waals surface area contributed by atoms with Gasteiger partial charge >= 0.3 is 17.7 Å². The van der Waals surface area contributed by atoms with E-state index in [9.17, 15) is 9.59 Å². The summed E-state index contributed by atoms with van der Waals surface area (Å²) in [5, 5.41) is 2.07. The van der Waals surface area contributed by atoms with Crippen molar-refractivity contribution in [3.05, 3.63) is 25.3 Å². The molecular formula is C37H65N2O6+. The molecule has 1 spiro atoms. The molecule has 8 nitrogen and oxygen atoms in total. The van der Waals surface area contributed by atoms with E-state index in [2.05, 4.69) is 87.5 Å². The molecule has 2 atom stereocenters. The largest absolute Gasteiger partial charge is 0.462 e. The third-order valence-corrected chi connectivity index (χ3v) is 10.4. The lowest BCUT2D eigenvalue weighted by atomic mass is 9.76. The topological polar surface area (TPSA) is 77.6 Å². The monoisotopic (exact) mass is 633 g/mol. The first-order valence-corrected chi connectivity index (χ1v) is 17.6. The maximum Gasteiger partial charge on any atom is 0.317 e. The molecule has 0 aromatic rings. The van der Waals surface area contributed by atoms with Crippen molar-refractivity contribution in [2.45, 2.75) is 199 Å². The number of ether oxygens (including phenoxy) is 2. The number of hydroxylamine groups is 5. The number of quaternary nitrogens is 1. The maximum absolute atomic E-state index is 13.1. The van der Waals surface area contributed by atoms with E-state index in [1.54, 1.807) is 0 Å². The Morgan fingerprint density at radius 3 is 1.78 bits per heavy atom. The van der Waals surface area contributed by atoms with Crippen molar-refractivity contribution in [3.63, 3.8) is 0 Å². The summed E-state index contributed by atoms with van der Waals surface area (Å²) in [6.07, 6.45) is 13.9. The second-order valence-corrected chi connectivity index (χ2v) is 16.3. The number of nitrogens with zero attached hydrogens (tertiary/aromatic N) is 2. The van der Waals surface area contributed by atoms with Crippen molar-refractivity contribution in [3.8, 4) is 0 Å². The maximum atomic E-state index is 13.1. The molecule has 0 saturated carbocycles. The minimum absolute atomic E-state index is 0.0619. The lowest BCUT2D eigenvalue weighted by Gasteiger charge is -2.54. The van der Waals surface area contributed by atoms with Gasteiger partial charge in [0.1, 0.15) is 29.7 Å². The molecule has 3 heterocycles. The number of carbonyl (C=O) groups excluding carboxylic acids is 2. The van der Waals surface area contributed by atoms with Gasteiger partial charge in [0.2, 0.25) is 0 Å². The molecule has 0 amide bonds. The van der Waals surface area contributed by atoms with Crippen LogP contribution in [0.1, 0.15) is 153 Å². The summed E-state index contributed by atoms with van der Waals surface area (Å²) < 4.78 is 12.4. The fourth-order valence-corrected chi connectivity index (χ4v) is 8.99. The van der Waals surface area contributed by atoms with Gasteiger partial charge in [0, 0.05) is 49.3 Å². The molecular weight excluding hydrogens is 568 g/mol. The van der Waals surface area contributed by atoms with Gasteiger partial charge in [0.15, 0.2) is 0 Å². The molecule has 8 heteroatoms. The molecule has 2 unspecified atom stereocenters. The molecule has 0 aromatic heterocycles. The van der Waals surface area contributed by atoms with Gasteiger partial charge in [-0.15, -0.1) is 16.1 Å². The van der Waals surface area contributed by atoms with Crippen LogP contribution in [0.5, 0.6) is 0 Å². The average molecular weight is 634 g/mol. The third kappa shape index (κ3) is 7.88. The van der Waals surface area contributed by atoms with E-state index in [0.717, 1.165) is 44.9 Å². The Kier molecular flexibility index (Phi) is 11.9. The van der Waals surface area contributed by atoms with Crippen LogP contribution in [0.15, 0.2) is 25.3 Å². The molecule has 0 aromatic carbocycles. The Morgan fingerprint density at radius 1 is 0.822 bits per heavy atom. The molecule has 3 rings (SSSR count). The van der Waals surface area contributed by atoms with Crippen LogP contribution in [0.4, 0.5) is 0 Å². The second-order valence-electron chi connectivity index (χ2n) is 16.3. The summed E-state index contributed by atoms with van der Waals surface area (Å²) in [5.74, 6) is -1.07. The van der Waals surface area contributed by atoms with E-state index in [-0.39, 0.29) is 40.5 Å². The van der Waals surface area contributed by atoms with Crippen LogP contribution in [-0.2, 0) is 28.7 Å². The number of rotatable bonds is 16. The van der Waals surface area contributed by atoms with E-state index < -0.39 is 24.1 Å². The SMILES string of the molecule is C=CC(CCCCC)ON1C(C)(C)CC(OC(=O)CC(=O)OC2CC(C)(C)[N+]3(OC3(C=C)CCCCC)C(C)(C)C2)CC1(C)C. The summed E-state index contributed by atoms with van der Waals surface area (Å²) >= 11 is 0. The second kappa shape index (κ2) is 14.2. The minimum atomic E-state index is -0.539. The normalized spacial score (nSPS) is 27.4. The first-order chi connectivity index (χ1) is 20.9. The van der Waals surface area contributed by atoms with Crippen molar-refractivity contribution >= 4 is 11.9 Å². The summed E-state index contributed by atoms with van der Waals surface area (Å²) in [6, 6.07) is 0. The number of piperidine rings is 2. The first kappa shape index (κ1) is 37.7. The minimum Gasteiger partial charge on any atom is -0.462 e. The van der Waals surface area contributed by atoms with Gasteiger partial charge in [-0.3, -0.25) is 14.4 Å². The van der Waals surface area contributed by atoms with Crippen LogP contribution in [0.3, 0.4) is 0 Å². The fraction of sp³-hybridized carbons (Fsp3) is 0.838. The predicted octanol–water partition coefficient (Wildman–Crippen LogP) is 8.50. The van der Waals surface area contributed by atoms with Crippen LogP contribution in [0, 0.1) is 0 Å². The smallest absolute Gasteiger partial charge is 0.317 e. The van der Waals surface area contributed by atoms with E-state index >= 15 is 0 Å². The molecule has 3 aliphatic rings. The van der Waals surface area contributed by atoms with Crippen LogP contribution in [-0.4, -0.2) is 67.8 Å². The van der Waals surface area contributed by atoms with Gasteiger partial charge in [0.25, 0.3) is 0 Å². The summed E-state index contributed by atoms with van der Waals surface area (Å²) in [6.45, 7) is 29.8. The van der Waals surface area contributed by atoms with Crippen molar-refractivity contribution < 1.29 is 33.4 Å². The van der Waals surface area contributed by atoms with Crippen LogP contribution < -0.4 is 0 Å². The van der Waals surface area contributed by atoms with Crippen molar-refractivity contribution in [2.75, 3.05) is 0 Å². The number of esters is 2. The summed E-state index contributed by atoms with van der Waals surface area (Å²) in [4.78, 5) is 39.3. The molecule has 3 saturated heterocycles. The lowest BCUT2D eigenvalue weighted by molar-refractivity contribution is -1.02. The van der Waals surface area contributed by atoms with Crippen molar-refractivity contribution in [1.82, 2.24) is 5.06 Å². The molecule has 45 heavy (non-hydrogen) atoms. The van der Waals surface area contributed by atoms with E-state index in [4.69, 9.17) is 19.1 Å². The summed E-state index contributed by atoms with van der Waals surface area (Å²) in [5.41, 5.74) is -1.78. The van der Waals surface area contributed by atoms with Crippen molar-refractivity contribution in [1.29, 1.82) is 0 Å². The van der Waals surface area contributed by atoms with E-state index in [1.807, 2.05) is 12.2 Å². The van der Waals surface area contributed by atoms with Gasteiger partial charge in [-0.25, -0.2) is 0 Å². The zero-order valence-corrected chi connectivity index (χ0v) is 30.3. The molecule has 258 valence electrons.